The molecule has 0 saturated heterocycles. The fourth-order valence-corrected chi connectivity index (χ4v) is 3.82. The van der Waals surface area contributed by atoms with Crippen LogP contribution < -0.4 is 9.47 Å². The van der Waals surface area contributed by atoms with E-state index >= 15 is 0 Å². The Kier molecular flexibility index (Phi) is 7.29. The summed E-state index contributed by atoms with van der Waals surface area (Å²) in [5, 5.41) is 0.446. The summed E-state index contributed by atoms with van der Waals surface area (Å²) in [6.07, 6.45) is 1.61. The number of carbonyl (C=O) groups is 1. The SMILES string of the molecule is CCOc1cc(/C=C2\N=C(c3cc(I)ccc3Cl)OC2=O)ccc1OCc1cccc(F)c1. The van der Waals surface area contributed by atoms with E-state index in [4.69, 9.17) is 25.8 Å². The summed E-state index contributed by atoms with van der Waals surface area (Å²) in [6.45, 7) is 2.47. The molecular formula is C25H18ClFINO4. The first-order chi connectivity index (χ1) is 15.9. The monoisotopic (exact) mass is 577 g/mol. The van der Waals surface area contributed by atoms with Crippen molar-refractivity contribution in [1.82, 2.24) is 0 Å². The number of cyclic esters (lactones) is 1. The van der Waals surface area contributed by atoms with Crippen molar-refractivity contribution < 1.29 is 23.4 Å². The number of halogens is 3. The average molecular weight is 578 g/mol. The van der Waals surface area contributed by atoms with E-state index in [1.165, 1.54) is 12.1 Å². The lowest BCUT2D eigenvalue weighted by Gasteiger charge is -2.13. The second-order valence-corrected chi connectivity index (χ2v) is 8.67. The summed E-state index contributed by atoms with van der Waals surface area (Å²) in [5.74, 6) is 0.281. The molecule has 0 fully saturated rings. The lowest BCUT2D eigenvalue weighted by molar-refractivity contribution is -0.129. The van der Waals surface area contributed by atoms with E-state index in [9.17, 15) is 9.18 Å². The highest BCUT2D eigenvalue weighted by Gasteiger charge is 2.26. The number of hydrogen-bond acceptors (Lipinski definition) is 5. The second-order valence-electron chi connectivity index (χ2n) is 7.02. The smallest absolute Gasteiger partial charge is 0.363 e. The molecule has 0 saturated carbocycles. The molecule has 0 spiro atoms. The molecular weight excluding hydrogens is 560 g/mol. The van der Waals surface area contributed by atoms with Gasteiger partial charge in [-0.3, -0.25) is 0 Å². The van der Waals surface area contributed by atoms with E-state index in [-0.39, 0.29) is 24.0 Å². The molecule has 0 N–H and O–H groups in total. The molecule has 4 rings (SSSR count). The molecule has 0 radical (unpaired) electrons. The molecule has 3 aromatic carbocycles. The Labute approximate surface area is 209 Å². The van der Waals surface area contributed by atoms with Gasteiger partial charge in [0, 0.05) is 3.57 Å². The van der Waals surface area contributed by atoms with Crippen LogP contribution in [0.25, 0.3) is 6.08 Å². The van der Waals surface area contributed by atoms with Gasteiger partial charge in [0.15, 0.2) is 17.2 Å². The summed E-state index contributed by atoms with van der Waals surface area (Å²) in [4.78, 5) is 16.7. The minimum Gasteiger partial charge on any atom is -0.490 e. The highest BCUT2D eigenvalue weighted by molar-refractivity contribution is 14.1. The van der Waals surface area contributed by atoms with Crippen LogP contribution in [0.1, 0.15) is 23.6 Å². The van der Waals surface area contributed by atoms with Gasteiger partial charge in [-0.2, -0.15) is 0 Å². The number of aliphatic imine (C=N–C) groups is 1. The summed E-state index contributed by atoms with van der Waals surface area (Å²) in [5.41, 5.74) is 2.09. The predicted molar refractivity (Wildman–Crippen MR) is 133 cm³/mol. The molecule has 33 heavy (non-hydrogen) atoms. The first-order valence-electron chi connectivity index (χ1n) is 10.0. The molecule has 168 valence electrons. The Hall–Kier alpha value is -2.91. The second kappa shape index (κ2) is 10.4. The summed E-state index contributed by atoms with van der Waals surface area (Å²) < 4.78 is 31.2. The third-order valence-electron chi connectivity index (χ3n) is 4.63. The molecule has 0 unspecified atom stereocenters. The van der Waals surface area contributed by atoms with Gasteiger partial charge in [-0.1, -0.05) is 29.8 Å². The van der Waals surface area contributed by atoms with Crippen LogP contribution in [0.3, 0.4) is 0 Å². The Morgan fingerprint density at radius 1 is 1.09 bits per heavy atom. The molecule has 1 aliphatic heterocycles. The molecule has 8 heteroatoms. The first kappa shape index (κ1) is 23.3. The lowest BCUT2D eigenvalue weighted by atomic mass is 10.1. The standard InChI is InChI=1S/C25H18ClFINO4/c1-2-31-23-12-15(6-9-22(23)32-14-16-4-3-5-17(27)10-16)11-21-25(30)33-24(29-21)19-13-18(28)7-8-20(19)26/h3-13H,2,14H2,1H3/b21-11-. The van der Waals surface area contributed by atoms with Crippen molar-refractivity contribution in [3.8, 4) is 11.5 Å². The van der Waals surface area contributed by atoms with E-state index < -0.39 is 5.97 Å². The predicted octanol–water partition coefficient (Wildman–Crippen LogP) is 6.41. The summed E-state index contributed by atoms with van der Waals surface area (Å²) in [7, 11) is 0. The van der Waals surface area contributed by atoms with E-state index in [1.807, 2.05) is 13.0 Å². The number of ether oxygens (including phenoxy) is 3. The van der Waals surface area contributed by atoms with Crippen LogP contribution in [0.4, 0.5) is 4.39 Å². The molecule has 1 heterocycles. The molecule has 5 nitrogen and oxygen atoms in total. The van der Waals surface area contributed by atoms with Crippen molar-refractivity contribution in [3.63, 3.8) is 0 Å². The van der Waals surface area contributed by atoms with E-state index in [2.05, 4.69) is 27.6 Å². The zero-order valence-corrected chi connectivity index (χ0v) is 20.4. The third kappa shape index (κ3) is 5.72. The zero-order valence-electron chi connectivity index (χ0n) is 17.5. The minimum absolute atomic E-state index is 0.149. The van der Waals surface area contributed by atoms with Crippen LogP contribution in [0.2, 0.25) is 5.02 Å². The van der Waals surface area contributed by atoms with E-state index in [1.54, 1.807) is 48.5 Å². The van der Waals surface area contributed by atoms with Crippen molar-refractivity contribution in [1.29, 1.82) is 0 Å². The first-order valence-corrected chi connectivity index (χ1v) is 11.5. The molecule has 1 aliphatic rings. The van der Waals surface area contributed by atoms with Crippen LogP contribution in [0.15, 0.2) is 71.4 Å². The number of carbonyl (C=O) groups excluding carboxylic acids is 1. The highest BCUT2D eigenvalue weighted by atomic mass is 127. The Morgan fingerprint density at radius 2 is 1.94 bits per heavy atom. The average Bonchev–Trinajstić information content (AvgIpc) is 3.15. The van der Waals surface area contributed by atoms with Gasteiger partial charge in [-0.15, -0.1) is 0 Å². The maximum Gasteiger partial charge on any atom is 0.363 e. The van der Waals surface area contributed by atoms with Gasteiger partial charge >= 0.3 is 5.97 Å². The fraction of sp³-hybridized carbons (Fsp3) is 0.120. The Morgan fingerprint density at radius 3 is 2.73 bits per heavy atom. The van der Waals surface area contributed by atoms with E-state index in [0.29, 0.717) is 39.8 Å². The highest BCUT2D eigenvalue weighted by Crippen LogP contribution is 2.31. The summed E-state index contributed by atoms with van der Waals surface area (Å²) >= 11 is 8.39. The van der Waals surface area contributed by atoms with Gasteiger partial charge in [0.25, 0.3) is 0 Å². The number of nitrogens with zero attached hydrogens (tertiary/aromatic N) is 1. The van der Waals surface area contributed by atoms with Crippen molar-refractivity contribution in [3.05, 3.63) is 97.5 Å². The van der Waals surface area contributed by atoms with Crippen LogP contribution in [0, 0.1) is 9.39 Å². The van der Waals surface area contributed by atoms with Crippen molar-refractivity contribution in [2.24, 2.45) is 4.99 Å². The van der Waals surface area contributed by atoms with E-state index in [0.717, 1.165) is 3.57 Å². The van der Waals surface area contributed by atoms with Gasteiger partial charge in [0.2, 0.25) is 5.90 Å². The van der Waals surface area contributed by atoms with Crippen molar-refractivity contribution >= 4 is 52.1 Å². The Balaban J connectivity index is 1.58. The topological polar surface area (TPSA) is 57.1 Å². The van der Waals surface area contributed by atoms with Gasteiger partial charge in [-0.05, 0) is 89.2 Å². The normalized spacial score (nSPS) is 14.2. The molecule has 0 atom stereocenters. The quantitative estimate of drug-likeness (QED) is 0.185. The minimum atomic E-state index is -0.565. The number of hydrogen-bond donors (Lipinski definition) is 0. The molecule has 0 bridgehead atoms. The van der Waals surface area contributed by atoms with Crippen molar-refractivity contribution in [2.45, 2.75) is 13.5 Å². The van der Waals surface area contributed by atoms with Crippen molar-refractivity contribution in [2.75, 3.05) is 6.61 Å². The summed E-state index contributed by atoms with van der Waals surface area (Å²) in [6, 6.07) is 16.9. The molecule has 0 aromatic heterocycles. The largest absolute Gasteiger partial charge is 0.490 e. The van der Waals surface area contributed by atoms with Gasteiger partial charge < -0.3 is 14.2 Å². The number of esters is 1. The molecule has 3 aromatic rings. The Bertz CT molecular complexity index is 1280. The van der Waals surface area contributed by atoms with Crippen LogP contribution in [-0.4, -0.2) is 18.5 Å². The van der Waals surface area contributed by atoms with Crippen LogP contribution in [0.5, 0.6) is 11.5 Å². The molecule has 0 amide bonds. The van der Waals surface area contributed by atoms with Gasteiger partial charge in [-0.25, -0.2) is 14.2 Å². The number of rotatable bonds is 7. The zero-order chi connectivity index (χ0) is 23.4. The van der Waals surface area contributed by atoms with Crippen LogP contribution >= 0.6 is 34.2 Å². The van der Waals surface area contributed by atoms with Gasteiger partial charge in [0.05, 0.1) is 17.2 Å². The van der Waals surface area contributed by atoms with Crippen LogP contribution in [-0.2, 0) is 16.1 Å². The van der Waals surface area contributed by atoms with Gasteiger partial charge in [0.1, 0.15) is 12.4 Å². The lowest BCUT2D eigenvalue weighted by Crippen LogP contribution is -2.06. The maximum atomic E-state index is 13.4. The maximum absolute atomic E-state index is 13.4. The molecule has 0 aliphatic carbocycles. The fourth-order valence-electron chi connectivity index (χ4n) is 3.13. The third-order valence-corrected chi connectivity index (χ3v) is 5.63. The number of benzene rings is 3.